The third-order valence-corrected chi connectivity index (χ3v) is 1.75. The van der Waals surface area contributed by atoms with Gasteiger partial charge in [0.15, 0.2) is 5.60 Å². The van der Waals surface area contributed by atoms with Crippen molar-refractivity contribution in [2.24, 2.45) is 5.92 Å². The summed E-state index contributed by atoms with van der Waals surface area (Å²) in [5, 5.41) is 33.2. The fourth-order valence-electron chi connectivity index (χ4n) is 0.757. The third-order valence-electron chi connectivity index (χ3n) is 1.75. The molecule has 0 saturated heterocycles. The molecule has 0 aromatic heterocycles. The fourth-order valence-corrected chi connectivity index (χ4v) is 0.757. The zero-order valence-corrected chi connectivity index (χ0v) is 8.39. The van der Waals surface area contributed by atoms with Gasteiger partial charge in [0.05, 0.1) is 6.42 Å². The minimum Gasteiger partial charge on any atom is -0.481 e. The lowest BCUT2D eigenvalue weighted by Crippen LogP contribution is -2.45. The predicted molar refractivity (Wildman–Crippen MR) is 47.8 cm³/mol. The molecule has 1 unspecified atom stereocenters. The number of carbonyl (C=O) groups is 2. The van der Waals surface area contributed by atoms with Crippen molar-refractivity contribution >= 4 is 11.9 Å². The maximum Gasteiger partial charge on any atom is 0.336 e. The molecule has 0 fully saturated rings. The molecule has 0 aromatic rings. The van der Waals surface area contributed by atoms with Crippen LogP contribution in [0, 0.1) is 5.92 Å². The van der Waals surface area contributed by atoms with E-state index in [1.54, 1.807) is 0 Å². The summed E-state index contributed by atoms with van der Waals surface area (Å²) in [5.41, 5.74) is -2.16. The summed E-state index contributed by atoms with van der Waals surface area (Å²) >= 11 is 0. The number of hydrogen-bond donors (Lipinski definition) is 4. The molecule has 0 spiro atoms. The highest BCUT2D eigenvalue weighted by Gasteiger charge is 2.41. The maximum absolute atomic E-state index is 10.5. The second kappa shape index (κ2) is 6.33. The molecule has 0 radical (unpaired) electrons. The molecule has 6 nitrogen and oxygen atoms in total. The summed E-state index contributed by atoms with van der Waals surface area (Å²) in [5.74, 6) is -3.46. The number of aliphatic carboxylic acids is 2. The van der Waals surface area contributed by atoms with E-state index in [1.165, 1.54) is 13.8 Å². The average molecular weight is 208 g/mol. The molecule has 0 heterocycles. The average Bonchev–Trinajstić information content (AvgIpc) is 2.06. The van der Waals surface area contributed by atoms with Crippen molar-refractivity contribution in [3.63, 3.8) is 0 Å². The second-order valence-corrected chi connectivity index (χ2v) is 2.95. The predicted octanol–water partition coefficient (Wildman–Crippen LogP) is -0.459. The minimum atomic E-state index is -2.16. The van der Waals surface area contributed by atoms with E-state index in [4.69, 9.17) is 15.3 Å². The number of rotatable bonds is 4. The normalized spacial score (nSPS) is 13.9. The van der Waals surface area contributed by atoms with Crippen LogP contribution in [-0.4, -0.2) is 45.1 Å². The zero-order chi connectivity index (χ0) is 11.9. The SMILES string of the molecule is CC(C)C(O)(CC(=O)O)C(=O)O.CO. The van der Waals surface area contributed by atoms with E-state index in [2.05, 4.69) is 0 Å². The van der Waals surface area contributed by atoms with Gasteiger partial charge < -0.3 is 20.4 Å². The lowest BCUT2D eigenvalue weighted by atomic mass is 9.87. The fraction of sp³-hybridized carbons (Fsp3) is 0.750. The summed E-state index contributed by atoms with van der Waals surface area (Å²) in [6.45, 7) is 2.91. The van der Waals surface area contributed by atoms with Crippen LogP contribution >= 0.6 is 0 Å². The maximum atomic E-state index is 10.5. The number of carboxylic acids is 2. The van der Waals surface area contributed by atoms with Crippen molar-refractivity contribution in [1.29, 1.82) is 0 Å². The number of carboxylic acid groups (broad SMARTS) is 2. The highest BCUT2D eigenvalue weighted by Crippen LogP contribution is 2.21. The van der Waals surface area contributed by atoms with Gasteiger partial charge in [-0.05, 0) is 5.92 Å². The van der Waals surface area contributed by atoms with Crippen molar-refractivity contribution in [3.05, 3.63) is 0 Å². The molecule has 0 aliphatic carbocycles. The molecule has 14 heavy (non-hydrogen) atoms. The van der Waals surface area contributed by atoms with E-state index in [0.29, 0.717) is 0 Å². The standard InChI is InChI=1S/C7H12O5.CH4O/c1-4(2)7(12,6(10)11)3-5(8)9;1-2/h4,12H,3H2,1-2H3,(H,8,9)(H,10,11);2H,1H3. The van der Waals surface area contributed by atoms with Gasteiger partial charge in [-0.1, -0.05) is 13.8 Å². The molecular formula is C8H16O6. The van der Waals surface area contributed by atoms with E-state index in [0.717, 1.165) is 7.11 Å². The van der Waals surface area contributed by atoms with Crippen LogP contribution in [-0.2, 0) is 9.59 Å². The van der Waals surface area contributed by atoms with Crippen LogP contribution in [0.4, 0.5) is 0 Å². The molecule has 0 aliphatic heterocycles. The minimum absolute atomic E-state index is 0.633. The number of aliphatic hydroxyl groups is 2. The van der Waals surface area contributed by atoms with Crippen LogP contribution < -0.4 is 0 Å². The Morgan fingerprint density at radius 1 is 1.21 bits per heavy atom. The van der Waals surface area contributed by atoms with E-state index in [1.807, 2.05) is 0 Å². The van der Waals surface area contributed by atoms with Crippen LogP contribution in [0.1, 0.15) is 20.3 Å². The van der Waals surface area contributed by atoms with Gasteiger partial charge in [-0.3, -0.25) is 4.79 Å². The Hall–Kier alpha value is -1.14. The van der Waals surface area contributed by atoms with Crippen molar-refractivity contribution in [2.75, 3.05) is 7.11 Å². The lowest BCUT2D eigenvalue weighted by Gasteiger charge is -2.25. The molecule has 0 bridgehead atoms. The molecule has 84 valence electrons. The molecule has 6 heteroatoms. The first-order valence-electron chi connectivity index (χ1n) is 3.93. The van der Waals surface area contributed by atoms with Crippen molar-refractivity contribution in [2.45, 2.75) is 25.9 Å². The van der Waals surface area contributed by atoms with Gasteiger partial charge in [0.1, 0.15) is 0 Å². The molecule has 0 saturated carbocycles. The van der Waals surface area contributed by atoms with Gasteiger partial charge in [-0.2, -0.15) is 0 Å². The highest BCUT2D eigenvalue weighted by molar-refractivity contribution is 5.83. The molecule has 0 aromatic carbocycles. The highest BCUT2D eigenvalue weighted by atomic mass is 16.4. The summed E-state index contributed by atoms with van der Waals surface area (Å²) in [7, 11) is 1.00. The van der Waals surface area contributed by atoms with Crippen molar-refractivity contribution in [1.82, 2.24) is 0 Å². The molecule has 0 amide bonds. The molecule has 4 N–H and O–H groups in total. The second-order valence-electron chi connectivity index (χ2n) is 2.95. The van der Waals surface area contributed by atoms with Gasteiger partial charge in [-0.15, -0.1) is 0 Å². The Kier molecular flexibility index (Phi) is 6.94. The van der Waals surface area contributed by atoms with Crippen LogP contribution in [0.2, 0.25) is 0 Å². The van der Waals surface area contributed by atoms with Gasteiger partial charge in [0.2, 0.25) is 0 Å². The zero-order valence-electron chi connectivity index (χ0n) is 8.39. The summed E-state index contributed by atoms with van der Waals surface area (Å²) < 4.78 is 0. The third kappa shape index (κ3) is 4.20. The van der Waals surface area contributed by atoms with Crippen LogP contribution in [0.15, 0.2) is 0 Å². The van der Waals surface area contributed by atoms with Crippen LogP contribution in [0.25, 0.3) is 0 Å². The quantitative estimate of drug-likeness (QED) is 0.497. The first-order chi connectivity index (χ1) is 6.30. The Bertz CT molecular complexity index is 200. The number of hydrogen-bond acceptors (Lipinski definition) is 4. The topological polar surface area (TPSA) is 115 Å². The van der Waals surface area contributed by atoms with Gasteiger partial charge in [-0.25, -0.2) is 4.79 Å². The Labute approximate surface area is 81.8 Å². The Morgan fingerprint density at radius 2 is 1.57 bits per heavy atom. The Morgan fingerprint density at radius 3 is 1.64 bits per heavy atom. The first-order valence-corrected chi connectivity index (χ1v) is 3.93. The van der Waals surface area contributed by atoms with E-state index < -0.39 is 29.9 Å². The molecule has 1 atom stereocenters. The van der Waals surface area contributed by atoms with Crippen LogP contribution in [0.5, 0.6) is 0 Å². The van der Waals surface area contributed by atoms with Gasteiger partial charge >= 0.3 is 11.9 Å². The lowest BCUT2D eigenvalue weighted by molar-refractivity contribution is -0.170. The largest absolute Gasteiger partial charge is 0.481 e. The van der Waals surface area contributed by atoms with E-state index >= 15 is 0 Å². The number of aliphatic hydroxyl groups excluding tert-OH is 1. The summed E-state index contributed by atoms with van der Waals surface area (Å²) in [6.07, 6.45) is -0.778. The van der Waals surface area contributed by atoms with E-state index in [9.17, 15) is 14.7 Å². The Balaban J connectivity index is 0. The smallest absolute Gasteiger partial charge is 0.336 e. The van der Waals surface area contributed by atoms with Crippen LogP contribution in [0.3, 0.4) is 0 Å². The summed E-state index contributed by atoms with van der Waals surface area (Å²) in [6, 6.07) is 0. The molecule has 0 rings (SSSR count). The molecule has 0 aliphatic rings. The van der Waals surface area contributed by atoms with Crippen molar-refractivity contribution in [3.8, 4) is 0 Å². The first kappa shape index (κ1) is 15.3. The monoisotopic (exact) mass is 208 g/mol. The molecular weight excluding hydrogens is 192 g/mol. The van der Waals surface area contributed by atoms with Crippen molar-refractivity contribution < 1.29 is 30.0 Å². The van der Waals surface area contributed by atoms with Gasteiger partial charge in [0.25, 0.3) is 0 Å². The summed E-state index contributed by atoms with van der Waals surface area (Å²) in [4.78, 5) is 20.7. The van der Waals surface area contributed by atoms with Gasteiger partial charge in [0, 0.05) is 7.11 Å². The van der Waals surface area contributed by atoms with E-state index in [-0.39, 0.29) is 0 Å².